The van der Waals surface area contributed by atoms with Crippen molar-refractivity contribution in [3.8, 4) is 0 Å². The molecule has 0 N–H and O–H groups in total. The van der Waals surface area contributed by atoms with Crippen LogP contribution in [0.2, 0.25) is 0 Å². The lowest BCUT2D eigenvalue weighted by atomic mass is 10.0. The van der Waals surface area contributed by atoms with Crippen LogP contribution in [0.3, 0.4) is 0 Å². The molecule has 0 aliphatic heterocycles. The van der Waals surface area contributed by atoms with Crippen LogP contribution in [-0.4, -0.2) is 22.8 Å². The third kappa shape index (κ3) is 3.42. The molecule has 100 valence electrons. The minimum atomic E-state index is 0.148. The standard InChI is InChI=1S/C15H23NOS/c1-12(2)16(11-13-7-6-10-18-13)14-8-4-3-5-9-15(14)17/h6-7,10,12,14H,3-5,8-9,11H2,1-2H3. The van der Waals surface area contributed by atoms with Crippen LogP contribution in [0, 0.1) is 0 Å². The normalized spacial score (nSPS) is 21.6. The quantitative estimate of drug-likeness (QED) is 0.770. The maximum absolute atomic E-state index is 12.3. The molecule has 0 spiro atoms. The summed E-state index contributed by atoms with van der Waals surface area (Å²) in [7, 11) is 0. The fourth-order valence-corrected chi connectivity index (χ4v) is 3.44. The van der Waals surface area contributed by atoms with Crippen molar-refractivity contribution in [2.24, 2.45) is 0 Å². The number of thiophene rings is 1. The van der Waals surface area contributed by atoms with E-state index in [0.29, 0.717) is 11.8 Å². The Morgan fingerprint density at radius 3 is 2.89 bits per heavy atom. The second-order valence-corrected chi connectivity index (χ2v) is 6.46. The Morgan fingerprint density at radius 1 is 1.39 bits per heavy atom. The van der Waals surface area contributed by atoms with Crippen molar-refractivity contribution in [2.75, 3.05) is 0 Å². The highest BCUT2D eigenvalue weighted by Crippen LogP contribution is 2.24. The van der Waals surface area contributed by atoms with E-state index in [1.54, 1.807) is 11.3 Å². The van der Waals surface area contributed by atoms with Crippen molar-refractivity contribution in [3.05, 3.63) is 22.4 Å². The van der Waals surface area contributed by atoms with E-state index in [1.165, 1.54) is 17.7 Å². The molecule has 1 aliphatic carbocycles. The second kappa shape index (κ2) is 6.48. The Morgan fingerprint density at radius 2 is 2.22 bits per heavy atom. The number of carbonyl (C=O) groups excluding carboxylic acids is 1. The maximum Gasteiger partial charge on any atom is 0.149 e. The number of ketones is 1. The molecular weight excluding hydrogens is 242 g/mol. The van der Waals surface area contributed by atoms with Crippen molar-refractivity contribution in [1.82, 2.24) is 4.90 Å². The first-order valence-electron chi connectivity index (χ1n) is 6.99. The summed E-state index contributed by atoms with van der Waals surface area (Å²) < 4.78 is 0. The van der Waals surface area contributed by atoms with Gasteiger partial charge in [-0.15, -0.1) is 11.3 Å². The molecule has 0 saturated heterocycles. The first kappa shape index (κ1) is 13.8. The van der Waals surface area contributed by atoms with Gasteiger partial charge in [-0.2, -0.15) is 0 Å². The van der Waals surface area contributed by atoms with Gasteiger partial charge in [0.15, 0.2) is 0 Å². The van der Waals surface area contributed by atoms with Crippen LogP contribution in [0.5, 0.6) is 0 Å². The Labute approximate surface area is 114 Å². The summed E-state index contributed by atoms with van der Waals surface area (Å²) >= 11 is 1.79. The molecule has 1 aromatic rings. The van der Waals surface area contributed by atoms with Gasteiger partial charge in [-0.05, 0) is 38.1 Å². The molecule has 2 rings (SSSR count). The molecule has 1 aromatic heterocycles. The van der Waals surface area contributed by atoms with Crippen LogP contribution in [0.4, 0.5) is 0 Å². The molecular formula is C15H23NOS. The lowest BCUT2D eigenvalue weighted by Crippen LogP contribution is -2.44. The monoisotopic (exact) mass is 265 g/mol. The minimum Gasteiger partial charge on any atom is -0.298 e. The smallest absolute Gasteiger partial charge is 0.149 e. The van der Waals surface area contributed by atoms with Gasteiger partial charge in [-0.3, -0.25) is 9.69 Å². The molecule has 2 nitrogen and oxygen atoms in total. The predicted molar refractivity (Wildman–Crippen MR) is 76.9 cm³/mol. The van der Waals surface area contributed by atoms with Crippen molar-refractivity contribution >= 4 is 17.1 Å². The van der Waals surface area contributed by atoms with Gasteiger partial charge in [0.2, 0.25) is 0 Å². The van der Waals surface area contributed by atoms with E-state index in [9.17, 15) is 4.79 Å². The van der Waals surface area contributed by atoms with Crippen molar-refractivity contribution < 1.29 is 4.79 Å². The van der Waals surface area contributed by atoms with Crippen molar-refractivity contribution in [2.45, 2.75) is 64.6 Å². The molecule has 1 aliphatic rings. The summed E-state index contributed by atoms with van der Waals surface area (Å²) in [6.45, 7) is 5.32. The fraction of sp³-hybridized carbons (Fsp3) is 0.667. The number of nitrogens with zero attached hydrogens (tertiary/aromatic N) is 1. The van der Waals surface area contributed by atoms with Gasteiger partial charge in [-0.25, -0.2) is 0 Å². The van der Waals surface area contributed by atoms with Crippen LogP contribution in [-0.2, 0) is 11.3 Å². The third-order valence-electron chi connectivity index (χ3n) is 3.75. The lowest BCUT2D eigenvalue weighted by Gasteiger charge is -2.33. The molecule has 1 unspecified atom stereocenters. The van der Waals surface area contributed by atoms with Gasteiger partial charge >= 0.3 is 0 Å². The zero-order chi connectivity index (χ0) is 13.0. The second-order valence-electron chi connectivity index (χ2n) is 5.43. The zero-order valence-corrected chi connectivity index (χ0v) is 12.2. The Hall–Kier alpha value is -0.670. The summed E-state index contributed by atoms with van der Waals surface area (Å²) in [6.07, 6.45) is 5.32. The summed E-state index contributed by atoms with van der Waals surface area (Å²) in [4.78, 5) is 16.0. The summed E-state index contributed by atoms with van der Waals surface area (Å²) in [5.74, 6) is 0.456. The average molecular weight is 265 g/mol. The first-order valence-corrected chi connectivity index (χ1v) is 7.87. The largest absolute Gasteiger partial charge is 0.298 e. The predicted octanol–water partition coefficient (Wildman–Crippen LogP) is 3.86. The van der Waals surface area contributed by atoms with E-state index < -0.39 is 0 Å². The summed E-state index contributed by atoms with van der Waals surface area (Å²) in [5.41, 5.74) is 0. The highest BCUT2D eigenvalue weighted by Gasteiger charge is 2.28. The molecule has 1 heterocycles. The first-order chi connectivity index (χ1) is 8.68. The highest BCUT2D eigenvalue weighted by molar-refractivity contribution is 7.09. The van der Waals surface area contributed by atoms with E-state index in [0.717, 1.165) is 25.8 Å². The topological polar surface area (TPSA) is 20.3 Å². The van der Waals surface area contributed by atoms with Gasteiger partial charge in [0.25, 0.3) is 0 Å². The van der Waals surface area contributed by atoms with Crippen molar-refractivity contribution in [3.63, 3.8) is 0 Å². The SMILES string of the molecule is CC(C)N(Cc1cccs1)C1CCCCCC1=O. The van der Waals surface area contributed by atoms with Crippen LogP contribution in [0.1, 0.15) is 50.8 Å². The molecule has 0 radical (unpaired) electrons. The Bertz CT molecular complexity index is 372. The van der Waals surface area contributed by atoms with Crippen LogP contribution >= 0.6 is 11.3 Å². The summed E-state index contributed by atoms with van der Waals surface area (Å²) in [6, 6.07) is 4.84. The molecule has 1 saturated carbocycles. The third-order valence-corrected chi connectivity index (χ3v) is 4.62. The number of hydrogen-bond acceptors (Lipinski definition) is 3. The number of hydrogen-bond donors (Lipinski definition) is 0. The van der Waals surface area contributed by atoms with E-state index in [2.05, 4.69) is 36.3 Å². The number of rotatable bonds is 4. The highest BCUT2D eigenvalue weighted by atomic mass is 32.1. The molecule has 0 bridgehead atoms. The van der Waals surface area contributed by atoms with Gasteiger partial charge in [0, 0.05) is 23.9 Å². The lowest BCUT2D eigenvalue weighted by molar-refractivity contribution is -0.125. The average Bonchev–Trinajstić information content (AvgIpc) is 2.75. The zero-order valence-electron chi connectivity index (χ0n) is 11.4. The van der Waals surface area contributed by atoms with Crippen LogP contribution < -0.4 is 0 Å². The van der Waals surface area contributed by atoms with Gasteiger partial charge in [-0.1, -0.05) is 18.9 Å². The maximum atomic E-state index is 12.3. The van der Waals surface area contributed by atoms with Gasteiger partial charge in [0.05, 0.1) is 6.04 Å². The Balaban J connectivity index is 2.10. The number of carbonyl (C=O) groups is 1. The molecule has 0 aromatic carbocycles. The number of Topliss-reactive ketones (excluding diaryl/α,β-unsaturated/α-hetero) is 1. The van der Waals surface area contributed by atoms with E-state index in [1.807, 2.05) is 0 Å². The van der Waals surface area contributed by atoms with Gasteiger partial charge in [0.1, 0.15) is 5.78 Å². The van der Waals surface area contributed by atoms with E-state index >= 15 is 0 Å². The van der Waals surface area contributed by atoms with E-state index in [-0.39, 0.29) is 6.04 Å². The fourth-order valence-electron chi connectivity index (χ4n) is 2.73. The van der Waals surface area contributed by atoms with Crippen LogP contribution in [0.15, 0.2) is 17.5 Å². The summed E-state index contributed by atoms with van der Waals surface area (Å²) in [5, 5.41) is 2.11. The van der Waals surface area contributed by atoms with E-state index in [4.69, 9.17) is 0 Å². The molecule has 3 heteroatoms. The van der Waals surface area contributed by atoms with Crippen molar-refractivity contribution in [1.29, 1.82) is 0 Å². The minimum absolute atomic E-state index is 0.148. The molecule has 1 atom stereocenters. The van der Waals surface area contributed by atoms with Crippen LogP contribution in [0.25, 0.3) is 0 Å². The molecule has 18 heavy (non-hydrogen) atoms. The van der Waals surface area contributed by atoms with Gasteiger partial charge < -0.3 is 0 Å². The molecule has 1 fully saturated rings. The molecule has 0 amide bonds. The Kier molecular flexibility index (Phi) is 4.95.